The molecule has 0 heterocycles. The molecule has 0 saturated heterocycles. The summed E-state index contributed by atoms with van der Waals surface area (Å²) in [5, 5.41) is 9.60. The van der Waals surface area contributed by atoms with Crippen molar-refractivity contribution in [3.8, 4) is 0 Å². The van der Waals surface area contributed by atoms with Crippen LogP contribution in [-0.4, -0.2) is 59.4 Å². The number of Topliss-reactive ketones (excluding diaryl/α,β-unsaturated/α-hetero) is 1. The largest absolute Gasteiger partial charge is 0.469 e. The number of carbonyl (C=O) groups is 2. The Morgan fingerprint density at radius 2 is 1.22 bits per heavy atom. The lowest BCUT2D eigenvalue weighted by atomic mass is 9.85. The van der Waals surface area contributed by atoms with Crippen LogP contribution in [-0.2, 0) is 23.2 Å². The SMILES string of the molecule is COC(=O)CCCCCCC1C(O[Si](C)(C)C(C)(C)C)CC(O[Si](C)(C)C(C)(C)C)C1CCC(=O)CO. The van der Waals surface area contributed by atoms with Gasteiger partial charge in [-0.15, -0.1) is 0 Å². The molecule has 218 valence electrons. The van der Waals surface area contributed by atoms with Crippen LogP contribution in [0.3, 0.4) is 0 Å². The number of aliphatic hydroxyl groups is 1. The van der Waals surface area contributed by atoms with E-state index in [1.54, 1.807) is 0 Å². The highest BCUT2D eigenvalue weighted by atomic mass is 28.4. The zero-order chi connectivity index (χ0) is 28.7. The molecule has 4 unspecified atom stereocenters. The second-order valence-corrected chi connectivity index (χ2v) is 23.7. The van der Waals surface area contributed by atoms with E-state index >= 15 is 0 Å². The molecule has 37 heavy (non-hydrogen) atoms. The van der Waals surface area contributed by atoms with E-state index in [0.29, 0.717) is 18.8 Å². The fourth-order valence-corrected chi connectivity index (χ4v) is 7.59. The molecule has 1 aliphatic carbocycles. The highest BCUT2D eigenvalue weighted by molar-refractivity contribution is 6.74. The van der Waals surface area contributed by atoms with Crippen LogP contribution in [0, 0.1) is 11.8 Å². The van der Waals surface area contributed by atoms with Crippen molar-refractivity contribution in [1.82, 2.24) is 0 Å². The number of rotatable bonds is 15. The van der Waals surface area contributed by atoms with Gasteiger partial charge in [-0.1, -0.05) is 60.8 Å². The summed E-state index contributed by atoms with van der Waals surface area (Å²) in [5.74, 6) is 0.338. The first-order valence-electron chi connectivity index (χ1n) is 14.4. The molecule has 1 fully saturated rings. The lowest BCUT2D eigenvalue weighted by molar-refractivity contribution is -0.140. The molecule has 0 amide bonds. The Hall–Kier alpha value is -0.546. The molecule has 0 aromatic rings. The van der Waals surface area contributed by atoms with Gasteiger partial charge >= 0.3 is 5.97 Å². The number of ether oxygens (including phenoxy) is 1. The molecule has 1 rings (SSSR count). The number of hydrogen-bond acceptors (Lipinski definition) is 6. The summed E-state index contributed by atoms with van der Waals surface area (Å²) < 4.78 is 18.9. The molecule has 0 bridgehead atoms. The summed E-state index contributed by atoms with van der Waals surface area (Å²) in [4.78, 5) is 23.6. The maximum Gasteiger partial charge on any atom is 0.305 e. The third-order valence-corrected chi connectivity index (χ3v) is 18.3. The average molecular weight is 559 g/mol. The minimum Gasteiger partial charge on any atom is -0.469 e. The van der Waals surface area contributed by atoms with Gasteiger partial charge in [0.2, 0.25) is 0 Å². The number of esters is 1. The van der Waals surface area contributed by atoms with E-state index in [0.717, 1.165) is 44.9 Å². The van der Waals surface area contributed by atoms with E-state index in [1.807, 2.05) is 0 Å². The fraction of sp³-hybridized carbons (Fsp3) is 0.931. The summed E-state index contributed by atoms with van der Waals surface area (Å²) >= 11 is 0. The van der Waals surface area contributed by atoms with E-state index in [2.05, 4.69) is 67.7 Å². The van der Waals surface area contributed by atoms with Crippen LogP contribution in [0.15, 0.2) is 0 Å². The van der Waals surface area contributed by atoms with Crippen molar-refractivity contribution >= 4 is 28.4 Å². The van der Waals surface area contributed by atoms with E-state index in [1.165, 1.54) is 7.11 Å². The molecule has 1 saturated carbocycles. The van der Waals surface area contributed by atoms with E-state index in [4.69, 9.17) is 13.6 Å². The van der Waals surface area contributed by atoms with Gasteiger partial charge < -0.3 is 18.7 Å². The lowest BCUT2D eigenvalue weighted by Crippen LogP contribution is -2.45. The molecule has 0 aromatic carbocycles. The molecule has 0 aromatic heterocycles. The van der Waals surface area contributed by atoms with Gasteiger partial charge in [-0.25, -0.2) is 0 Å². The summed E-state index contributed by atoms with van der Waals surface area (Å²) in [7, 11) is -2.57. The Bertz CT molecular complexity index is 723. The molecule has 1 aliphatic rings. The zero-order valence-corrected chi connectivity index (χ0v) is 27.9. The Morgan fingerprint density at radius 3 is 1.65 bits per heavy atom. The molecule has 0 aliphatic heterocycles. The molecule has 0 spiro atoms. The van der Waals surface area contributed by atoms with Gasteiger partial charge in [0.05, 0.1) is 19.3 Å². The van der Waals surface area contributed by atoms with Crippen LogP contribution in [0.5, 0.6) is 0 Å². The van der Waals surface area contributed by atoms with Crippen LogP contribution < -0.4 is 0 Å². The van der Waals surface area contributed by atoms with Gasteiger partial charge in [0.25, 0.3) is 0 Å². The monoisotopic (exact) mass is 558 g/mol. The van der Waals surface area contributed by atoms with Crippen LogP contribution in [0.4, 0.5) is 0 Å². The van der Waals surface area contributed by atoms with Gasteiger partial charge in [0.1, 0.15) is 6.61 Å². The Kier molecular flexibility index (Phi) is 13.2. The average Bonchev–Trinajstić information content (AvgIpc) is 3.06. The topological polar surface area (TPSA) is 82.1 Å². The highest BCUT2D eigenvalue weighted by Crippen LogP contribution is 2.48. The van der Waals surface area contributed by atoms with Crippen molar-refractivity contribution < 1.29 is 28.3 Å². The number of methoxy groups -OCH3 is 1. The molecule has 4 atom stereocenters. The van der Waals surface area contributed by atoms with E-state index < -0.39 is 23.2 Å². The van der Waals surface area contributed by atoms with E-state index in [9.17, 15) is 14.7 Å². The van der Waals surface area contributed by atoms with Crippen molar-refractivity contribution in [3.05, 3.63) is 0 Å². The predicted octanol–water partition coefficient (Wildman–Crippen LogP) is 7.26. The fourth-order valence-electron chi connectivity index (χ4n) is 4.82. The van der Waals surface area contributed by atoms with Gasteiger partial charge in [-0.05, 0) is 73.8 Å². The number of aliphatic hydroxyl groups excluding tert-OH is 1. The number of ketones is 1. The van der Waals surface area contributed by atoms with Crippen molar-refractivity contribution in [3.63, 3.8) is 0 Å². The van der Waals surface area contributed by atoms with Crippen molar-refractivity contribution in [2.45, 2.75) is 148 Å². The first-order valence-corrected chi connectivity index (χ1v) is 20.2. The molecule has 1 N–H and O–H groups in total. The van der Waals surface area contributed by atoms with Gasteiger partial charge in [-0.3, -0.25) is 9.59 Å². The molecular formula is C29H58O6Si2. The van der Waals surface area contributed by atoms with E-state index in [-0.39, 0.29) is 40.0 Å². The first-order chi connectivity index (χ1) is 16.9. The summed E-state index contributed by atoms with van der Waals surface area (Å²) in [6.07, 6.45) is 7.72. The van der Waals surface area contributed by atoms with Crippen LogP contribution >= 0.6 is 0 Å². The number of unbranched alkanes of at least 4 members (excludes halogenated alkanes) is 3. The van der Waals surface area contributed by atoms with Crippen molar-refractivity contribution in [1.29, 1.82) is 0 Å². The second kappa shape index (κ2) is 14.2. The molecular weight excluding hydrogens is 500 g/mol. The first kappa shape index (κ1) is 34.5. The number of carbonyl (C=O) groups excluding carboxylic acids is 2. The quantitative estimate of drug-likeness (QED) is 0.129. The maximum atomic E-state index is 12.1. The Morgan fingerprint density at radius 1 is 0.757 bits per heavy atom. The summed E-state index contributed by atoms with van der Waals surface area (Å²) in [6.45, 7) is 22.5. The second-order valence-electron chi connectivity index (χ2n) is 14.2. The minimum absolute atomic E-state index is 0.0754. The van der Waals surface area contributed by atoms with Crippen molar-refractivity contribution in [2.24, 2.45) is 11.8 Å². The lowest BCUT2D eigenvalue weighted by Gasteiger charge is -2.40. The van der Waals surface area contributed by atoms with Gasteiger partial charge in [-0.2, -0.15) is 0 Å². The third-order valence-electron chi connectivity index (χ3n) is 9.30. The standard InChI is InChI=1S/C29H58O6Si2/c1-28(2,3)36(8,9)34-25-20-26(35-37(10,11)29(4,5)6)24(19-18-22(31)21-30)23(25)16-14-12-13-15-17-27(32)33-7/h23-26,30H,12-21H2,1-11H3. The number of hydrogen-bond donors (Lipinski definition) is 1. The Balaban J connectivity index is 3.15. The minimum atomic E-state index is -2.02. The smallest absolute Gasteiger partial charge is 0.305 e. The third kappa shape index (κ3) is 10.5. The van der Waals surface area contributed by atoms with Crippen molar-refractivity contribution in [2.75, 3.05) is 13.7 Å². The summed E-state index contributed by atoms with van der Waals surface area (Å²) in [6, 6.07) is 0. The zero-order valence-electron chi connectivity index (χ0n) is 25.9. The molecule has 0 radical (unpaired) electrons. The van der Waals surface area contributed by atoms with Gasteiger partial charge in [0.15, 0.2) is 22.4 Å². The van der Waals surface area contributed by atoms with Crippen LogP contribution in [0.2, 0.25) is 36.3 Å². The summed E-state index contributed by atoms with van der Waals surface area (Å²) in [5.41, 5.74) is 0. The van der Waals surface area contributed by atoms with Gasteiger partial charge in [0, 0.05) is 12.8 Å². The highest BCUT2D eigenvalue weighted by Gasteiger charge is 2.51. The predicted molar refractivity (Wildman–Crippen MR) is 157 cm³/mol. The van der Waals surface area contributed by atoms with Crippen LogP contribution in [0.1, 0.15) is 99.3 Å². The van der Waals surface area contributed by atoms with Crippen LogP contribution in [0.25, 0.3) is 0 Å². The molecule has 8 heteroatoms. The normalized spacial score (nSPS) is 23.4. The Labute approximate surface area is 229 Å². The maximum absolute atomic E-state index is 12.1. The molecule has 6 nitrogen and oxygen atoms in total.